The minimum Gasteiger partial charge on any atom is -0.496 e. The molecule has 0 radical (unpaired) electrons. The summed E-state index contributed by atoms with van der Waals surface area (Å²) in [5.41, 5.74) is 9.27. The number of hydrogen-bond donors (Lipinski definition) is 1. The number of anilines is 1. The third-order valence-electron chi connectivity index (χ3n) is 3.22. The van der Waals surface area contributed by atoms with Crippen molar-refractivity contribution in [1.29, 1.82) is 0 Å². The summed E-state index contributed by atoms with van der Waals surface area (Å²) in [7, 11) is 1.70. The molecular weight excluding hydrogens is 212 g/mol. The van der Waals surface area contributed by atoms with Crippen LogP contribution in [-0.2, 0) is 6.54 Å². The standard InChI is InChI=1S/C14H20N2O/c1-11-5-7-16(8-6-11)10-12-9-13(15)3-4-14(12)17-2/h3-5,9H,6-8,10,15H2,1-2H3. The molecule has 17 heavy (non-hydrogen) atoms. The van der Waals surface area contributed by atoms with Crippen molar-refractivity contribution >= 4 is 5.69 Å². The van der Waals surface area contributed by atoms with Crippen molar-refractivity contribution in [2.75, 3.05) is 25.9 Å². The second-order valence-electron chi connectivity index (χ2n) is 4.61. The predicted octanol–water partition coefficient (Wildman–Crippen LogP) is 2.43. The zero-order chi connectivity index (χ0) is 12.3. The number of nitrogen functional groups attached to an aromatic ring is 1. The molecule has 0 unspecified atom stereocenters. The molecule has 1 aromatic carbocycles. The normalized spacial score (nSPS) is 16.7. The van der Waals surface area contributed by atoms with Crippen LogP contribution in [0.5, 0.6) is 5.75 Å². The number of ether oxygens (including phenoxy) is 1. The minimum atomic E-state index is 0.796. The first kappa shape index (κ1) is 12.0. The topological polar surface area (TPSA) is 38.5 Å². The van der Waals surface area contributed by atoms with Crippen LogP contribution in [0, 0.1) is 0 Å². The smallest absolute Gasteiger partial charge is 0.123 e. The molecule has 92 valence electrons. The summed E-state index contributed by atoms with van der Waals surface area (Å²) >= 11 is 0. The second-order valence-corrected chi connectivity index (χ2v) is 4.61. The highest BCUT2D eigenvalue weighted by atomic mass is 16.5. The van der Waals surface area contributed by atoms with E-state index in [0.29, 0.717) is 0 Å². The van der Waals surface area contributed by atoms with E-state index in [2.05, 4.69) is 17.9 Å². The Morgan fingerprint density at radius 2 is 2.24 bits per heavy atom. The summed E-state index contributed by atoms with van der Waals surface area (Å²) in [5.74, 6) is 0.922. The van der Waals surface area contributed by atoms with Gasteiger partial charge < -0.3 is 10.5 Å². The van der Waals surface area contributed by atoms with Gasteiger partial charge in [0.25, 0.3) is 0 Å². The number of nitrogens with two attached hydrogens (primary N) is 1. The molecule has 0 aromatic heterocycles. The van der Waals surface area contributed by atoms with Crippen LogP contribution in [0.2, 0.25) is 0 Å². The summed E-state index contributed by atoms with van der Waals surface area (Å²) < 4.78 is 5.37. The average Bonchev–Trinajstić information content (AvgIpc) is 2.32. The van der Waals surface area contributed by atoms with Crippen LogP contribution in [0.15, 0.2) is 29.8 Å². The molecule has 0 atom stereocenters. The first-order chi connectivity index (χ1) is 8.19. The van der Waals surface area contributed by atoms with Gasteiger partial charge in [-0.1, -0.05) is 11.6 Å². The van der Waals surface area contributed by atoms with E-state index in [-0.39, 0.29) is 0 Å². The molecule has 0 saturated heterocycles. The molecule has 0 saturated carbocycles. The van der Waals surface area contributed by atoms with Crippen molar-refractivity contribution in [3.63, 3.8) is 0 Å². The zero-order valence-electron chi connectivity index (χ0n) is 10.6. The largest absolute Gasteiger partial charge is 0.496 e. The predicted molar refractivity (Wildman–Crippen MR) is 71.1 cm³/mol. The molecule has 0 spiro atoms. The molecule has 2 N–H and O–H groups in total. The van der Waals surface area contributed by atoms with Gasteiger partial charge in [-0.3, -0.25) is 4.90 Å². The van der Waals surface area contributed by atoms with E-state index in [1.807, 2.05) is 18.2 Å². The van der Waals surface area contributed by atoms with Gasteiger partial charge in [0, 0.05) is 30.9 Å². The Hall–Kier alpha value is -1.48. The fourth-order valence-corrected chi connectivity index (χ4v) is 2.12. The Kier molecular flexibility index (Phi) is 3.69. The SMILES string of the molecule is COc1ccc(N)cc1CN1CC=C(C)CC1. The quantitative estimate of drug-likeness (QED) is 0.642. The number of methoxy groups -OCH3 is 1. The van der Waals surface area contributed by atoms with Gasteiger partial charge in [-0.2, -0.15) is 0 Å². The van der Waals surface area contributed by atoms with Gasteiger partial charge >= 0.3 is 0 Å². The molecule has 3 heteroatoms. The van der Waals surface area contributed by atoms with Gasteiger partial charge in [-0.05, 0) is 31.5 Å². The fourth-order valence-electron chi connectivity index (χ4n) is 2.12. The summed E-state index contributed by atoms with van der Waals surface area (Å²) in [4.78, 5) is 2.41. The van der Waals surface area contributed by atoms with E-state index in [1.165, 1.54) is 11.1 Å². The number of hydrogen-bond acceptors (Lipinski definition) is 3. The van der Waals surface area contributed by atoms with Crippen molar-refractivity contribution in [3.05, 3.63) is 35.4 Å². The Morgan fingerprint density at radius 1 is 1.41 bits per heavy atom. The maximum Gasteiger partial charge on any atom is 0.123 e. The van der Waals surface area contributed by atoms with Crippen LogP contribution >= 0.6 is 0 Å². The lowest BCUT2D eigenvalue weighted by molar-refractivity contribution is 0.280. The van der Waals surface area contributed by atoms with Gasteiger partial charge in [0.1, 0.15) is 5.75 Å². The maximum atomic E-state index is 5.82. The Bertz CT molecular complexity index is 426. The number of rotatable bonds is 3. The van der Waals surface area contributed by atoms with Gasteiger partial charge in [0.15, 0.2) is 0 Å². The maximum absolute atomic E-state index is 5.82. The van der Waals surface area contributed by atoms with E-state index in [4.69, 9.17) is 10.5 Å². The van der Waals surface area contributed by atoms with E-state index in [1.54, 1.807) is 7.11 Å². The van der Waals surface area contributed by atoms with Crippen molar-refractivity contribution in [2.45, 2.75) is 19.9 Å². The van der Waals surface area contributed by atoms with E-state index < -0.39 is 0 Å². The summed E-state index contributed by atoms with van der Waals surface area (Å²) in [6, 6.07) is 5.82. The molecule has 3 nitrogen and oxygen atoms in total. The molecule has 1 aliphatic heterocycles. The third kappa shape index (κ3) is 3.01. The van der Waals surface area contributed by atoms with Crippen molar-refractivity contribution in [3.8, 4) is 5.75 Å². The van der Waals surface area contributed by atoms with Gasteiger partial charge in [-0.15, -0.1) is 0 Å². The summed E-state index contributed by atoms with van der Waals surface area (Å²) in [6.07, 6.45) is 3.45. The lowest BCUT2D eigenvalue weighted by atomic mass is 10.1. The Labute approximate surface area is 103 Å². The average molecular weight is 232 g/mol. The summed E-state index contributed by atoms with van der Waals surface area (Å²) in [5, 5.41) is 0. The van der Waals surface area contributed by atoms with Crippen molar-refractivity contribution < 1.29 is 4.74 Å². The lowest BCUT2D eigenvalue weighted by Gasteiger charge is -2.26. The summed E-state index contributed by atoms with van der Waals surface area (Å²) in [6.45, 7) is 5.22. The van der Waals surface area contributed by atoms with Crippen molar-refractivity contribution in [1.82, 2.24) is 4.90 Å². The molecule has 1 heterocycles. The number of nitrogens with zero attached hydrogens (tertiary/aromatic N) is 1. The zero-order valence-corrected chi connectivity index (χ0v) is 10.6. The van der Waals surface area contributed by atoms with Crippen LogP contribution in [0.3, 0.4) is 0 Å². The second kappa shape index (κ2) is 5.23. The van der Waals surface area contributed by atoms with E-state index >= 15 is 0 Å². The lowest BCUT2D eigenvalue weighted by Crippen LogP contribution is -2.28. The highest BCUT2D eigenvalue weighted by Gasteiger charge is 2.12. The van der Waals surface area contributed by atoms with Gasteiger partial charge in [0.05, 0.1) is 7.11 Å². The van der Waals surface area contributed by atoms with Crippen LogP contribution in [-0.4, -0.2) is 25.1 Å². The number of benzene rings is 1. The first-order valence-corrected chi connectivity index (χ1v) is 5.99. The molecule has 0 fully saturated rings. The molecule has 1 aliphatic rings. The van der Waals surface area contributed by atoms with Crippen LogP contribution in [0.4, 0.5) is 5.69 Å². The molecule has 0 aliphatic carbocycles. The molecule has 2 rings (SSSR count). The van der Waals surface area contributed by atoms with Gasteiger partial charge in [-0.25, -0.2) is 0 Å². The van der Waals surface area contributed by atoms with Crippen LogP contribution in [0.1, 0.15) is 18.9 Å². The Balaban J connectivity index is 2.10. The molecule has 0 bridgehead atoms. The fraction of sp³-hybridized carbons (Fsp3) is 0.429. The monoisotopic (exact) mass is 232 g/mol. The van der Waals surface area contributed by atoms with Crippen LogP contribution in [0.25, 0.3) is 0 Å². The van der Waals surface area contributed by atoms with Gasteiger partial charge in [0.2, 0.25) is 0 Å². The molecular formula is C14H20N2O. The highest BCUT2D eigenvalue weighted by molar-refractivity contribution is 5.47. The van der Waals surface area contributed by atoms with Crippen LogP contribution < -0.4 is 10.5 Å². The first-order valence-electron chi connectivity index (χ1n) is 5.99. The van der Waals surface area contributed by atoms with E-state index in [9.17, 15) is 0 Å². The third-order valence-corrected chi connectivity index (χ3v) is 3.22. The molecule has 1 aromatic rings. The highest BCUT2D eigenvalue weighted by Crippen LogP contribution is 2.23. The Morgan fingerprint density at radius 3 is 2.88 bits per heavy atom. The van der Waals surface area contributed by atoms with E-state index in [0.717, 1.165) is 37.5 Å². The minimum absolute atomic E-state index is 0.796. The van der Waals surface area contributed by atoms with Crippen molar-refractivity contribution in [2.24, 2.45) is 0 Å². The molecule has 0 amide bonds.